The van der Waals surface area contributed by atoms with Crippen molar-refractivity contribution in [3.05, 3.63) is 35.2 Å². The van der Waals surface area contributed by atoms with Crippen molar-refractivity contribution in [1.82, 2.24) is 25.3 Å². The van der Waals surface area contributed by atoms with Crippen LogP contribution in [0.1, 0.15) is 37.5 Å². The third-order valence-corrected chi connectivity index (χ3v) is 7.07. The van der Waals surface area contributed by atoms with E-state index in [1.54, 1.807) is 12.1 Å². The zero-order valence-electron chi connectivity index (χ0n) is 17.6. The Morgan fingerprint density at radius 2 is 1.91 bits per heavy atom. The minimum Gasteiger partial charge on any atom is -0.420 e. The molecule has 1 N–H and O–H groups in total. The van der Waals surface area contributed by atoms with Crippen molar-refractivity contribution in [1.29, 1.82) is 0 Å². The van der Waals surface area contributed by atoms with Gasteiger partial charge in [-0.2, -0.15) is 0 Å². The summed E-state index contributed by atoms with van der Waals surface area (Å²) in [6, 6.07) is 7.17. The van der Waals surface area contributed by atoms with Gasteiger partial charge in [0.05, 0.1) is 12.6 Å². The molecule has 172 valence electrons. The number of amides is 1. The van der Waals surface area contributed by atoms with Gasteiger partial charge in [-0.15, -0.1) is 10.2 Å². The number of alkyl halides is 2. The molecule has 2 atom stereocenters. The molecule has 5 rings (SSSR count). The molecule has 4 heterocycles. The zero-order valence-corrected chi connectivity index (χ0v) is 18.4. The van der Waals surface area contributed by atoms with E-state index in [-0.39, 0.29) is 36.9 Å². The zero-order chi connectivity index (χ0) is 22.3. The first kappa shape index (κ1) is 21.7. The highest BCUT2D eigenvalue weighted by Crippen LogP contribution is 2.32. The van der Waals surface area contributed by atoms with Crippen LogP contribution in [0.5, 0.6) is 0 Å². The van der Waals surface area contributed by atoms with Crippen molar-refractivity contribution >= 4 is 17.5 Å². The van der Waals surface area contributed by atoms with Gasteiger partial charge in [0.15, 0.2) is 0 Å². The van der Waals surface area contributed by atoms with Crippen LogP contribution in [0, 0.1) is 0 Å². The molecule has 1 aromatic carbocycles. The Hall–Kier alpha value is -2.10. The molecule has 0 spiro atoms. The fourth-order valence-electron chi connectivity index (χ4n) is 4.95. The smallest absolute Gasteiger partial charge is 0.267 e. The van der Waals surface area contributed by atoms with Crippen LogP contribution in [0.25, 0.3) is 11.5 Å². The molecule has 0 unspecified atom stereocenters. The Morgan fingerprint density at radius 1 is 1.16 bits per heavy atom. The number of rotatable bonds is 4. The van der Waals surface area contributed by atoms with Crippen LogP contribution < -0.4 is 5.32 Å². The summed E-state index contributed by atoms with van der Waals surface area (Å²) in [5.74, 6) is -1.59. The van der Waals surface area contributed by atoms with Crippen LogP contribution in [0.4, 0.5) is 8.78 Å². The van der Waals surface area contributed by atoms with E-state index in [2.05, 4.69) is 20.4 Å². The Labute approximate surface area is 190 Å². The summed E-state index contributed by atoms with van der Waals surface area (Å²) in [5.41, 5.74) is 0.842. The van der Waals surface area contributed by atoms with Gasteiger partial charge in [-0.25, -0.2) is 8.78 Å². The predicted molar refractivity (Wildman–Crippen MR) is 115 cm³/mol. The molecule has 3 saturated heterocycles. The first-order chi connectivity index (χ1) is 15.4. The van der Waals surface area contributed by atoms with Gasteiger partial charge in [-0.05, 0) is 56.6 Å². The van der Waals surface area contributed by atoms with Gasteiger partial charge in [0.2, 0.25) is 17.7 Å². The highest BCUT2D eigenvalue weighted by molar-refractivity contribution is 6.30. The van der Waals surface area contributed by atoms with Crippen molar-refractivity contribution in [2.24, 2.45) is 0 Å². The first-order valence-electron chi connectivity index (χ1n) is 11.1. The topological polar surface area (TPSA) is 74.5 Å². The van der Waals surface area contributed by atoms with Gasteiger partial charge in [0.25, 0.3) is 5.92 Å². The number of carbonyl (C=O) groups excluding carboxylic acids is 1. The van der Waals surface area contributed by atoms with Crippen molar-refractivity contribution < 1.29 is 18.0 Å². The molecule has 3 fully saturated rings. The monoisotopic (exact) mass is 465 g/mol. The highest BCUT2D eigenvalue weighted by Gasteiger charge is 2.44. The summed E-state index contributed by atoms with van der Waals surface area (Å²) in [6.07, 6.45) is 2.22. The second kappa shape index (κ2) is 8.68. The lowest BCUT2D eigenvalue weighted by molar-refractivity contribution is -0.133. The summed E-state index contributed by atoms with van der Waals surface area (Å²) in [6.45, 7) is 2.13. The van der Waals surface area contributed by atoms with E-state index in [0.717, 1.165) is 31.5 Å². The lowest BCUT2D eigenvalue weighted by Gasteiger charge is -2.34. The Kier molecular flexibility index (Phi) is 5.90. The number of nitrogens with zero attached hydrogens (tertiary/aromatic N) is 4. The van der Waals surface area contributed by atoms with Gasteiger partial charge < -0.3 is 14.6 Å². The minimum absolute atomic E-state index is 0.141. The SMILES string of the molecule is O=C([C@@H]1C[C@H](N2CCC(c3nnc(-c4ccc(Cl)cc4)o3)CC2)CN1)N1CCC(F)(F)C1. The van der Waals surface area contributed by atoms with Crippen molar-refractivity contribution in [2.45, 2.75) is 49.6 Å². The molecule has 1 aromatic heterocycles. The molecule has 3 aliphatic rings. The quantitative estimate of drug-likeness (QED) is 0.747. The van der Waals surface area contributed by atoms with E-state index in [4.69, 9.17) is 16.0 Å². The van der Waals surface area contributed by atoms with Gasteiger partial charge in [-0.1, -0.05) is 11.6 Å². The molecule has 0 radical (unpaired) electrons. The molecule has 7 nitrogen and oxygen atoms in total. The summed E-state index contributed by atoms with van der Waals surface area (Å²) < 4.78 is 32.8. The molecule has 0 aliphatic carbocycles. The minimum atomic E-state index is -2.75. The number of aromatic nitrogens is 2. The lowest BCUT2D eigenvalue weighted by atomic mass is 9.95. The van der Waals surface area contributed by atoms with Crippen LogP contribution in [0.2, 0.25) is 5.02 Å². The number of nitrogens with one attached hydrogen (secondary N) is 1. The largest absolute Gasteiger partial charge is 0.420 e. The summed E-state index contributed by atoms with van der Waals surface area (Å²) >= 11 is 5.94. The van der Waals surface area contributed by atoms with Gasteiger partial charge in [0.1, 0.15) is 0 Å². The molecular weight excluding hydrogens is 440 g/mol. The molecule has 0 saturated carbocycles. The molecular formula is C22H26ClF2N5O2. The summed E-state index contributed by atoms with van der Waals surface area (Å²) in [5, 5.41) is 12.4. The molecule has 1 amide bonds. The maximum atomic E-state index is 13.5. The molecule has 0 bridgehead atoms. The maximum absolute atomic E-state index is 13.5. The van der Waals surface area contributed by atoms with Crippen molar-refractivity contribution in [3.8, 4) is 11.5 Å². The maximum Gasteiger partial charge on any atom is 0.267 e. The number of halogens is 3. The normalized spacial score (nSPS) is 26.7. The van der Waals surface area contributed by atoms with Gasteiger partial charge in [0, 0.05) is 42.1 Å². The van der Waals surface area contributed by atoms with Gasteiger partial charge in [-0.3, -0.25) is 9.69 Å². The van der Waals surface area contributed by atoms with Crippen LogP contribution in [-0.2, 0) is 4.79 Å². The average molecular weight is 466 g/mol. The molecule has 10 heteroatoms. The Bertz CT molecular complexity index is 961. The number of hydrogen-bond acceptors (Lipinski definition) is 6. The van der Waals surface area contributed by atoms with Crippen molar-refractivity contribution in [2.75, 3.05) is 32.7 Å². The predicted octanol–water partition coefficient (Wildman–Crippen LogP) is 3.17. The Balaban J connectivity index is 1.13. The fourth-order valence-corrected chi connectivity index (χ4v) is 5.07. The molecule has 32 heavy (non-hydrogen) atoms. The molecule has 3 aliphatic heterocycles. The van der Waals surface area contributed by atoms with E-state index in [1.165, 1.54) is 4.90 Å². The average Bonchev–Trinajstić information content (AvgIpc) is 3.54. The third kappa shape index (κ3) is 4.51. The number of hydrogen-bond donors (Lipinski definition) is 1. The summed E-state index contributed by atoms with van der Waals surface area (Å²) in [4.78, 5) is 16.3. The fraction of sp³-hybridized carbons (Fsp3) is 0.591. The van der Waals surface area contributed by atoms with Crippen molar-refractivity contribution in [3.63, 3.8) is 0 Å². The number of benzene rings is 1. The third-order valence-electron chi connectivity index (χ3n) is 6.81. The van der Waals surface area contributed by atoms with E-state index >= 15 is 0 Å². The Morgan fingerprint density at radius 3 is 2.59 bits per heavy atom. The standard InChI is InChI=1S/C22H26ClF2N5O2/c23-16-3-1-14(2-4-16)19-27-28-20(32-19)15-5-8-29(9-6-15)17-11-18(26-12-17)21(31)30-10-7-22(24,25)13-30/h1-4,15,17-18,26H,5-13H2/t17-,18-/m0/s1. The van der Waals surface area contributed by atoms with Crippen LogP contribution in [0.15, 0.2) is 28.7 Å². The number of likely N-dealkylation sites (tertiary alicyclic amines) is 2. The van der Waals surface area contributed by atoms with E-state index in [0.29, 0.717) is 29.8 Å². The number of carbonyl (C=O) groups is 1. The lowest BCUT2D eigenvalue weighted by Crippen LogP contribution is -2.43. The van der Waals surface area contributed by atoms with Crippen LogP contribution in [-0.4, -0.2) is 76.6 Å². The second-order valence-corrected chi connectivity index (χ2v) is 9.42. The van der Waals surface area contributed by atoms with Crippen LogP contribution >= 0.6 is 11.6 Å². The van der Waals surface area contributed by atoms with E-state index in [1.807, 2.05) is 12.1 Å². The first-order valence-corrected chi connectivity index (χ1v) is 11.5. The molecule has 2 aromatic rings. The van der Waals surface area contributed by atoms with E-state index in [9.17, 15) is 13.6 Å². The van der Waals surface area contributed by atoms with Gasteiger partial charge >= 0.3 is 0 Å². The summed E-state index contributed by atoms with van der Waals surface area (Å²) in [7, 11) is 0. The highest BCUT2D eigenvalue weighted by atomic mass is 35.5. The second-order valence-electron chi connectivity index (χ2n) is 8.98. The van der Waals surface area contributed by atoms with E-state index < -0.39 is 12.5 Å². The number of piperidine rings is 1. The van der Waals surface area contributed by atoms with Crippen LogP contribution in [0.3, 0.4) is 0 Å².